The lowest BCUT2D eigenvalue weighted by Crippen LogP contribution is -2.40. The number of hydrogen-bond acceptors (Lipinski definition) is 2. The number of hydrazine groups is 1. The van der Waals surface area contributed by atoms with Gasteiger partial charge in [0.05, 0.1) is 0 Å². The topological polar surface area (TPSA) is 58.2 Å². The van der Waals surface area contributed by atoms with E-state index in [1.165, 1.54) is 6.92 Å². The largest absolute Gasteiger partial charge is 0.322 e. The van der Waals surface area contributed by atoms with Crippen LogP contribution in [0.4, 0.5) is 8.78 Å². The predicted octanol–water partition coefficient (Wildman–Crippen LogP) is 0.765. The highest BCUT2D eigenvalue weighted by Gasteiger charge is 2.25. The molecular weight excluding hydrogens is 206 g/mol. The van der Waals surface area contributed by atoms with Gasteiger partial charge in [0.1, 0.15) is 0 Å². The van der Waals surface area contributed by atoms with Crippen molar-refractivity contribution in [2.24, 2.45) is 0 Å². The number of nitrogens with one attached hydrogen (secondary N) is 2. The molecule has 0 aliphatic heterocycles. The van der Waals surface area contributed by atoms with Crippen LogP contribution in [0.15, 0.2) is 0 Å². The molecule has 0 aromatic heterocycles. The summed E-state index contributed by atoms with van der Waals surface area (Å²) in [4.78, 5) is 20.9. The SMILES string of the molecule is CC(=O)NNC(=O)CCC(F)(F)Cl. The first-order valence-corrected chi connectivity index (χ1v) is 3.81. The molecule has 2 N–H and O–H groups in total. The molecule has 0 unspecified atom stereocenters. The van der Waals surface area contributed by atoms with Gasteiger partial charge in [0.25, 0.3) is 0 Å². The van der Waals surface area contributed by atoms with Crippen molar-refractivity contribution >= 4 is 23.4 Å². The van der Waals surface area contributed by atoms with E-state index in [2.05, 4.69) is 11.6 Å². The molecule has 0 bridgehead atoms. The maximum Gasteiger partial charge on any atom is 0.322 e. The van der Waals surface area contributed by atoms with E-state index in [1.54, 1.807) is 0 Å². The molecule has 13 heavy (non-hydrogen) atoms. The first kappa shape index (κ1) is 12.1. The zero-order valence-corrected chi connectivity index (χ0v) is 7.62. The highest BCUT2D eigenvalue weighted by atomic mass is 35.5. The van der Waals surface area contributed by atoms with Crippen molar-refractivity contribution in [1.29, 1.82) is 0 Å². The quantitative estimate of drug-likeness (QED) is 0.539. The molecule has 7 heteroatoms. The summed E-state index contributed by atoms with van der Waals surface area (Å²) >= 11 is 4.54. The van der Waals surface area contributed by atoms with Crippen LogP contribution in [0.25, 0.3) is 0 Å². The Morgan fingerprint density at radius 3 is 2.31 bits per heavy atom. The highest BCUT2D eigenvalue weighted by Crippen LogP contribution is 2.24. The molecule has 0 saturated carbocycles. The van der Waals surface area contributed by atoms with Gasteiger partial charge in [-0.05, 0) is 11.6 Å². The minimum absolute atomic E-state index is 0.448. The third-order valence-electron chi connectivity index (χ3n) is 1.01. The second-order valence-corrected chi connectivity index (χ2v) is 2.90. The Hall–Kier alpha value is -0.910. The summed E-state index contributed by atoms with van der Waals surface area (Å²) in [5.74, 6) is -1.19. The van der Waals surface area contributed by atoms with Gasteiger partial charge >= 0.3 is 5.38 Å². The number of amides is 2. The average molecular weight is 215 g/mol. The van der Waals surface area contributed by atoms with E-state index in [1.807, 2.05) is 10.9 Å². The van der Waals surface area contributed by atoms with Crippen molar-refractivity contribution in [3.63, 3.8) is 0 Å². The fourth-order valence-corrected chi connectivity index (χ4v) is 0.570. The Kier molecular flexibility index (Phi) is 4.61. The molecule has 0 aliphatic rings. The third kappa shape index (κ3) is 9.00. The third-order valence-corrected chi connectivity index (χ3v) is 1.20. The number of carbonyl (C=O) groups excluding carboxylic acids is 2. The summed E-state index contributed by atoms with van der Waals surface area (Å²) in [6.07, 6.45) is -1.21. The predicted molar refractivity (Wildman–Crippen MR) is 42.0 cm³/mol. The van der Waals surface area contributed by atoms with Crippen molar-refractivity contribution in [2.75, 3.05) is 0 Å². The van der Waals surface area contributed by atoms with Gasteiger partial charge in [0, 0.05) is 19.8 Å². The van der Waals surface area contributed by atoms with Gasteiger partial charge < -0.3 is 0 Å². The highest BCUT2D eigenvalue weighted by molar-refractivity contribution is 6.21. The van der Waals surface area contributed by atoms with Crippen LogP contribution in [0.2, 0.25) is 0 Å². The van der Waals surface area contributed by atoms with Crippen LogP contribution in [0.3, 0.4) is 0 Å². The second-order valence-electron chi connectivity index (χ2n) is 2.34. The fraction of sp³-hybridized carbons (Fsp3) is 0.667. The standard InChI is InChI=1S/C6H9ClF2N2O2/c1-4(12)10-11-5(13)2-3-6(7,8)9/h2-3H2,1H3,(H,10,12)(H,11,13). The Balaban J connectivity index is 3.58. The van der Waals surface area contributed by atoms with Crippen LogP contribution in [0.5, 0.6) is 0 Å². The van der Waals surface area contributed by atoms with Crippen LogP contribution < -0.4 is 10.9 Å². The van der Waals surface area contributed by atoms with Crippen molar-refractivity contribution < 1.29 is 18.4 Å². The van der Waals surface area contributed by atoms with Crippen LogP contribution in [0, 0.1) is 0 Å². The summed E-state index contributed by atoms with van der Waals surface area (Å²) in [7, 11) is 0. The van der Waals surface area contributed by atoms with Crippen LogP contribution in [-0.2, 0) is 9.59 Å². The van der Waals surface area contributed by atoms with Gasteiger partial charge in [-0.1, -0.05) is 0 Å². The van der Waals surface area contributed by atoms with Crippen molar-refractivity contribution in [2.45, 2.75) is 25.1 Å². The number of carbonyl (C=O) groups is 2. The smallest absolute Gasteiger partial charge is 0.274 e. The molecule has 0 aromatic carbocycles. The van der Waals surface area contributed by atoms with E-state index >= 15 is 0 Å². The molecular formula is C6H9ClF2N2O2. The lowest BCUT2D eigenvalue weighted by Gasteiger charge is -2.07. The van der Waals surface area contributed by atoms with E-state index in [4.69, 9.17) is 0 Å². The molecule has 0 atom stereocenters. The number of alkyl halides is 3. The molecule has 4 nitrogen and oxygen atoms in total. The number of halogens is 3. The maximum atomic E-state index is 12.0. The van der Waals surface area contributed by atoms with E-state index in [0.717, 1.165) is 0 Å². The summed E-state index contributed by atoms with van der Waals surface area (Å²) in [5, 5.41) is -3.38. The van der Waals surface area contributed by atoms with Crippen LogP contribution >= 0.6 is 11.6 Å². The molecule has 2 amide bonds. The van der Waals surface area contributed by atoms with E-state index in [9.17, 15) is 18.4 Å². The van der Waals surface area contributed by atoms with Gasteiger partial charge in [0.15, 0.2) is 0 Å². The first-order chi connectivity index (χ1) is 5.81. The summed E-state index contributed by atoms with van der Waals surface area (Å²) in [6, 6.07) is 0. The lowest BCUT2D eigenvalue weighted by atomic mass is 10.3. The summed E-state index contributed by atoms with van der Waals surface area (Å²) < 4.78 is 24.0. The molecule has 0 aliphatic carbocycles. The van der Waals surface area contributed by atoms with E-state index < -0.39 is 30.0 Å². The Morgan fingerprint density at radius 2 is 1.92 bits per heavy atom. The molecule has 0 heterocycles. The molecule has 0 radical (unpaired) electrons. The van der Waals surface area contributed by atoms with Gasteiger partial charge in [0.2, 0.25) is 11.8 Å². The Morgan fingerprint density at radius 1 is 1.38 bits per heavy atom. The average Bonchev–Trinajstić information content (AvgIpc) is 1.95. The van der Waals surface area contributed by atoms with Crippen molar-refractivity contribution in [1.82, 2.24) is 10.9 Å². The zero-order valence-electron chi connectivity index (χ0n) is 6.86. The minimum Gasteiger partial charge on any atom is -0.274 e. The molecule has 0 spiro atoms. The Labute approximate surface area is 78.6 Å². The lowest BCUT2D eigenvalue weighted by molar-refractivity contribution is -0.128. The molecule has 0 aromatic rings. The van der Waals surface area contributed by atoms with Gasteiger partial charge in [-0.25, -0.2) is 0 Å². The van der Waals surface area contributed by atoms with Gasteiger partial charge in [-0.3, -0.25) is 20.4 Å². The number of hydrogen-bond donors (Lipinski definition) is 2. The summed E-state index contributed by atoms with van der Waals surface area (Å²) in [6.45, 7) is 1.18. The second kappa shape index (κ2) is 4.96. The van der Waals surface area contributed by atoms with E-state index in [-0.39, 0.29) is 0 Å². The number of rotatable bonds is 3. The summed E-state index contributed by atoms with van der Waals surface area (Å²) in [5.41, 5.74) is 3.88. The molecule has 0 saturated heterocycles. The van der Waals surface area contributed by atoms with Crippen molar-refractivity contribution in [3.05, 3.63) is 0 Å². The van der Waals surface area contributed by atoms with Crippen molar-refractivity contribution in [3.8, 4) is 0 Å². The normalized spacial score (nSPS) is 10.8. The van der Waals surface area contributed by atoms with Crippen LogP contribution in [-0.4, -0.2) is 17.2 Å². The Bertz CT molecular complexity index is 205. The fourth-order valence-electron chi connectivity index (χ4n) is 0.475. The monoisotopic (exact) mass is 214 g/mol. The van der Waals surface area contributed by atoms with E-state index in [0.29, 0.717) is 0 Å². The molecule has 76 valence electrons. The zero-order chi connectivity index (χ0) is 10.5. The van der Waals surface area contributed by atoms with Crippen LogP contribution in [0.1, 0.15) is 19.8 Å². The maximum absolute atomic E-state index is 12.0. The first-order valence-electron chi connectivity index (χ1n) is 3.43. The minimum atomic E-state index is -3.38. The van der Waals surface area contributed by atoms with Gasteiger partial charge in [-0.15, -0.1) is 0 Å². The molecule has 0 rings (SSSR count). The van der Waals surface area contributed by atoms with Gasteiger partial charge in [-0.2, -0.15) is 8.78 Å². The molecule has 0 fully saturated rings.